The van der Waals surface area contributed by atoms with Crippen LogP contribution in [0.5, 0.6) is 0 Å². The zero-order chi connectivity index (χ0) is 24.9. The van der Waals surface area contributed by atoms with E-state index in [1.54, 1.807) is 25.1 Å². The molecule has 0 spiro atoms. The van der Waals surface area contributed by atoms with Crippen molar-refractivity contribution in [1.29, 1.82) is 0 Å². The van der Waals surface area contributed by atoms with E-state index in [-0.39, 0.29) is 23.3 Å². The van der Waals surface area contributed by atoms with Crippen LogP contribution in [-0.2, 0) is 16.0 Å². The number of aryl methyl sites for hydroxylation is 1. The fourth-order valence-corrected chi connectivity index (χ4v) is 4.92. The largest absolute Gasteiger partial charge is 0.478 e. The number of benzene rings is 2. The third kappa shape index (κ3) is 5.71. The molecular formula is C27H32N4O4. The SMILES string of the molecule is Cc1[nH]c2cc(NC(=O)[C@@H](Cc3ccccc3)NC(=O)C3CCC(CN)CC3)ccc2c1C(=O)O. The van der Waals surface area contributed by atoms with Crippen molar-refractivity contribution in [2.75, 3.05) is 11.9 Å². The number of carboxylic acids is 1. The van der Waals surface area contributed by atoms with Crippen molar-refractivity contribution in [3.63, 3.8) is 0 Å². The molecule has 1 aromatic heterocycles. The third-order valence-corrected chi connectivity index (χ3v) is 6.93. The Morgan fingerprint density at radius 1 is 1.09 bits per heavy atom. The van der Waals surface area contributed by atoms with E-state index in [0.29, 0.717) is 41.2 Å². The van der Waals surface area contributed by atoms with Gasteiger partial charge in [0.05, 0.1) is 5.56 Å². The summed E-state index contributed by atoms with van der Waals surface area (Å²) >= 11 is 0. The summed E-state index contributed by atoms with van der Waals surface area (Å²) in [6.07, 6.45) is 3.78. The number of amides is 2. The number of hydrogen-bond donors (Lipinski definition) is 5. The lowest BCUT2D eigenvalue weighted by Crippen LogP contribution is -2.48. The first-order chi connectivity index (χ1) is 16.9. The Hall–Kier alpha value is -3.65. The second-order valence-electron chi connectivity index (χ2n) is 9.38. The molecule has 0 radical (unpaired) electrons. The molecule has 0 bridgehead atoms. The molecule has 1 aliphatic carbocycles. The van der Waals surface area contributed by atoms with Crippen molar-refractivity contribution >= 4 is 34.4 Å². The number of aromatic nitrogens is 1. The van der Waals surface area contributed by atoms with Crippen LogP contribution in [-0.4, -0.2) is 40.5 Å². The second-order valence-corrected chi connectivity index (χ2v) is 9.38. The van der Waals surface area contributed by atoms with Gasteiger partial charge >= 0.3 is 5.97 Å². The van der Waals surface area contributed by atoms with Crippen molar-refractivity contribution in [2.24, 2.45) is 17.6 Å². The predicted molar refractivity (Wildman–Crippen MR) is 135 cm³/mol. The molecule has 2 amide bonds. The third-order valence-electron chi connectivity index (χ3n) is 6.93. The summed E-state index contributed by atoms with van der Waals surface area (Å²) in [5, 5.41) is 15.9. The van der Waals surface area contributed by atoms with Gasteiger partial charge in [0.2, 0.25) is 11.8 Å². The molecular weight excluding hydrogens is 444 g/mol. The zero-order valence-electron chi connectivity index (χ0n) is 19.8. The molecule has 3 aromatic rings. The number of carbonyl (C=O) groups excluding carboxylic acids is 2. The molecule has 4 rings (SSSR count). The van der Waals surface area contributed by atoms with Gasteiger partial charge in [0, 0.05) is 34.6 Å². The lowest BCUT2D eigenvalue weighted by Gasteiger charge is -2.28. The summed E-state index contributed by atoms with van der Waals surface area (Å²) in [7, 11) is 0. The smallest absolute Gasteiger partial charge is 0.338 e. The number of fused-ring (bicyclic) bond motifs is 1. The summed E-state index contributed by atoms with van der Waals surface area (Å²) in [6, 6.07) is 13.9. The Morgan fingerprint density at radius 2 is 1.80 bits per heavy atom. The van der Waals surface area contributed by atoms with E-state index < -0.39 is 12.0 Å². The van der Waals surface area contributed by atoms with E-state index in [0.717, 1.165) is 31.2 Å². The minimum Gasteiger partial charge on any atom is -0.478 e. The highest BCUT2D eigenvalue weighted by molar-refractivity contribution is 6.06. The van der Waals surface area contributed by atoms with E-state index in [9.17, 15) is 19.5 Å². The van der Waals surface area contributed by atoms with Gasteiger partial charge in [0.15, 0.2) is 0 Å². The molecule has 2 aromatic carbocycles. The van der Waals surface area contributed by atoms with Crippen LogP contribution in [0.4, 0.5) is 5.69 Å². The summed E-state index contributed by atoms with van der Waals surface area (Å²) in [4.78, 5) is 41.0. The minimum absolute atomic E-state index is 0.0990. The summed E-state index contributed by atoms with van der Waals surface area (Å²) in [5.74, 6) is -1.07. The molecule has 1 aliphatic rings. The lowest BCUT2D eigenvalue weighted by molar-refractivity contribution is -0.130. The molecule has 8 heteroatoms. The Bertz CT molecular complexity index is 1210. The number of aromatic carboxylic acids is 1. The quantitative estimate of drug-likeness (QED) is 0.338. The first kappa shape index (κ1) is 24.5. The molecule has 1 atom stereocenters. The predicted octanol–water partition coefficient (Wildman–Crippen LogP) is 3.61. The summed E-state index contributed by atoms with van der Waals surface area (Å²) in [5.41, 5.74) is 8.64. The van der Waals surface area contributed by atoms with Crippen LogP contribution < -0.4 is 16.4 Å². The number of hydrogen-bond acceptors (Lipinski definition) is 4. The standard InChI is InChI=1S/C27H32N4O4/c1-16-24(27(34)35)21-12-11-20(14-22(21)29-16)30-26(33)23(13-17-5-3-2-4-6-17)31-25(32)19-9-7-18(15-28)8-10-19/h2-6,11-12,14,18-19,23,29H,7-10,13,15,28H2,1H3,(H,30,33)(H,31,32)(H,34,35)/t18?,19?,23-/m1/s1. The molecule has 0 aliphatic heterocycles. The highest BCUT2D eigenvalue weighted by Gasteiger charge is 2.29. The number of carbonyl (C=O) groups is 3. The number of anilines is 1. The van der Waals surface area contributed by atoms with Crippen LogP contribution in [0.1, 0.15) is 47.3 Å². The van der Waals surface area contributed by atoms with Gasteiger partial charge in [0.25, 0.3) is 0 Å². The molecule has 0 saturated heterocycles. The normalized spacial score (nSPS) is 18.7. The van der Waals surface area contributed by atoms with Gasteiger partial charge in [-0.1, -0.05) is 30.3 Å². The van der Waals surface area contributed by atoms with Crippen molar-refractivity contribution in [3.8, 4) is 0 Å². The average Bonchev–Trinajstić information content (AvgIpc) is 3.19. The van der Waals surface area contributed by atoms with E-state index in [2.05, 4.69) is 15.6 Å². The van der Waals surface area contributed by atoms with Gasteiger partial charge in [-0.15, -0.1) is 0 Å². The maximum atomic E-state index is 13.3. The van der Waals surface area contributed by atoms with Crippen molar-refractivity contribution in [1.82, 2.24) is 10.3 Å². The molecule has 1 saturated carbocycles. The fourth-order valence-electron chi connectivity index (χ4n) is 4.92. The monoisotopic (exact) mass is 476 g/mol. The Labute approximate surface area is 204 Å². The maximum absolute atomic E-state index is 13.3. The molecule has 184 valence electrons. The number of carboxylic acid groups (broad SMARTS) is 1. The highest BCUT2D eigenvalue weighted by Crippen LogP contribution is 2.29. The van der Waals surface area contributed by atoms with E-state index in [4.69, 9.17) is 5.73 Å². The van der Waals surface area contributed by atoms with Crippen molar-refractivity contribution in [2.45, 2.75) is 45.1 Å². The fraction of sp³-hybridized carbons (Fsp3) is 0.370. The maximum Gasteiger partial charge on any atom is 0.338 e. The first-order valence-electron chi connectivity index (χ1n) is 12.1. The summed E-state index contributed by atoms with van der Waals surface area (Å²) < 4.78 is 0. The number of nitrogens with two attached hydrogens (primary N) is 1. The number of rotatable bonds is 8. The molecule has 1 heterocycles. The number of H-pyrrole nitrogens is 1. The second kappa shape index (κ2) is 10.7. The molecule has 8 nitrogen and oxygen atoms in total. The summed E-state index contributed by atoms with van der Waals surface area (Å²) in [6.45, 7) is 2.35. The van der Waals surface area contributed by atoms with Crippen LogP contribution in [0.3, 0.4) is 0 Å². The first-order valence-corrected chi connectivity index (χ1v) is 12.1. The zero-order valence-corrected chi connectivity index (χ0v) is 19.8. The minimum atomic E-state index is -1.00. The average molecular weight is 477 g/mol. The van der Waals surface area contributed by atoms with Gasteiger partial charge in [0.1, 0.15) is 6.04 Å². The van der Waals surface area contributed by atoms with Crippen molar-refractivity contribution < 1.29 is 19.5 Å². The molecule has 6 N–H and O–H groups in total. The van der Waals surface area contributed by atoms with E-state index in [1.165, 1.54) is 0 Å². The van der Waals surface area contributed by atoms with Crippen LogP contribution in [0.2, 0.25) is 0 Å². The van der Waals surface area contributed by atoms with Gasteiger partial charge in [-0.3, -0.25) is 9.59 Å². The number of aromatic amines is 1. The molecule has 1 fully saturated rings. The van der Waals surface area contributed by atoms with Crippen molar-refractivity contribution in [3.05, 3.63) is 65.4 Å². The molecule has 35 heavy (non-hydrogen) atoms. The Morgan fingerprint density at radius 3 is 2.46 bits per heavy atom. The lowest BCUT2D eigenvalue weighted by atomic mass is 9.81. The van der Waals surface area contributed by atoms with Gasteiger partial charge in [-0.2, -0.15) is 0 Å². The van der Waals surface area contributed by atoms with Crippen LogP contribution in [0.15, 0.2) is 48.5 Å². The van der Waals surface area contributed by atoms with Crippen LogP contribution in [0.25, 0.3) is 10.9 Å². The topological polar surface area (TPSA) is 137 Å². The van der Waals surface area contributed by atoms with Crippen LogP contribution in [0, 0.1) is 18.8 Å². The Balaban J connectivity index is 1.51. The molecule has 0 unspecified atom stereocenters. The van der Waals surface area contributed by atoms with E-state index >= 15 is 0 Å². The van der Waals surface area contributed by atoms with E-state index in [1.807, 2.05) is 30.3 Å². The van der Waals surface area contributed by atoms with Gasteiger partial charge in [-0.25, -0.2) is 4.79 Å². The highest BCUT2D eigenvalue weighted by atomic mass is 16.4. The van der Waals surface area contributed by atoms with Crippen LogP contribution >= 0.6 is 0 Å². The Kier molecular flexibility index (Phi) is 7.51. The number of nitrogens with one attached hydrogen (secondary N) is 3. The van der Waals surface area contributed by atoms with Gasteiger partial charge in [-0.05, 0) is 68.8 Å². The van der Waals surface area contributed by atoms with Gasteiger partial charge < -0.3 is 26.5 Å².